The van der Waals surface area contributed by atoms with Crippen molar-refractivity contribution in [2.45, 2.75) is 46.1 Å². The summed E-state index contributed by atoms with van der Waals surface area (Å²) in [5, 5.41) is 0. The summed E-state index contributed by atoms with van der Waals surface area (Å²) in [7, 11) is 1.36. The van der Waals surface area contributed by atoms with Gasteiger partial charge in [-0.3, -0.25) is 4.90 Å². The molecule has 0 aliphatic heterocycles. The highest BCUT2D eigenvalue weighted by molar-refractivity contribution is 5.99. The Labute approximate surface area is 167 Å². The van der Waals surface area contributed by atoms with Gasteiger partial charge in [-0.1, -0.05) is 43.7 Å². The molecule has 5 heteroatoms. The van der Waals surface area contributed by atoms with Gasteiger partial charge >= 0.3 is 12.1 Å². The molecule has 0 atom stereocenters. The Kier molecular flexibility index (Phi) is 7.21. The second kappa shape index (κ2) is 9.40. The van der Waals surface area contributed by atoms with Crippen molar-refractivity contribution in [2.75, 3.05) is 18.6 Å². The first kappa shape index (κ1) is 21.5. The molecule has 0 fully saturated rings. The van der Waals surface area contributed by atoms with Gasteiger partial charge < -0.3 is 9.47 Å². The van der Waals surface area contributed by atoms with E-state index in [4.69, 9.17) is 9.47 Å². The first-order valence-electron chi connectivity index (χ1n) is 9.55. The van der Waals surface area contributed by atoms with Crippen LogP contribution in [0.1, 0.15) is 50.9 Å². The van der Waals surface area contributed by atoms with Crippen molar-refractivity contribution >= 4 is 17.7 Å². The highest BCUT2D eigenvalue weighted by Crippen LogP contribution is 2.30. The van der Waals surface area contributed by atoms with E-state index in [2.05, 4.69) is 6.92 Å². The fraction of sp³-hybridized carbons (Fsp3) is 0.391. The third kappa shape index (κ3) is 5.59. The molecule has 5 nitrogen and oxygen atoms in total. The molecule has 0 saturated carbocycles. The molecular formula is C23H29NO4. The first-order chi connectivity index (χ1) is 13.3. The Bertz CT molecular complexity index is 809. The lowest BCUT2D eigenvalue weighted by Crippen LogP contribution is -2.37. The molecule has 0 heterocycles. The van der Waals surface area contributed by atoms with Crippen LogP contribution < -0.4 is 4.90 Å². The number of esters is 1. The maximum Gasteiger partial charge on any atom is 0.414 e. The number of nitrogens with zero attached hydrogens (tertiary/aromatic N) is 1. The molecule has 0 aliphatic rings. The van der Waals surface area contributed by atoms with Crippen LogP contribution in [0.15, 0.2) is 48.5 Å². The quantitative estimate of drug-likeness (QED) is 0.602. The van der Waals surface area contributed by atoms with Crippen LogP contribution in [0.2, 0.25) is 0 Å². The lowest BCUT2D eigenvalue weighted by molar-refractivity contribution is 0.0577. The Morgan fingerprint density at radius 1 is 1.04 bits per heavy atom. The van der Waals surface area contributed by atoms with E-state index in [1.54, 1.807) is 17.0 Å². The number of hydrogen-bond acceptors (Lipinski definition) is 4. The zero-order valence-electron chi connectivity index (χ0n) is 17.3. The van der Waals surface area contributed by atoms with Crippen molar-refractivity contribution in [3.8, 4) is 11.1 Å². The van der Waals surface area contributed by atoms with E-state index in [0.29, 0.717) is 17.8 Å². The Morgan fingerprint density at radius 2 is 1.71 bits per heavy atom. The van der Waals surface area contributed by atoms with Crippen LogP contribution in [0, 0.1) is 0 Å². The summed E-state index contributed by atoms with van der Waals surface area (Å²) in [4.78, 5) is 26.7. The molecule has 0 aromatic heterocycles. The second-order valence-electron chi connectivity index (χ2n) is 7.57. The molecule has 2 rings (SSSR count). The number of benzene rings is 2. The average molecular weight is 383 g/mol. The lowest BCUT2D eigenvalue weighted by Gasteiger charge is -2.28. The second-order valence-corrected chi connectivity index (χ2v) is 7.57. The molecule has 2 aromatic carbocycles. The standard InChI is InChI=1S/C23H29NO4/c1-6-7-15-24(22(26)28-23(2,3)4)18-13-14-19(21(25)27-5)20(16-18)17-11-9-8-10-12-17/h8-14,16H,6-7,15H2,1-5H3. The van der Waals surface area contributed by atoms with E-state index in [9.17, 15) is 9.59 Å². The summed E-state index contributed by atoms with van der Waals surface area (Å²) in [6, 6.07) is 14.9. The summed E-state index contributed by atoms with van der Waals surface area (Å²) in [6.07, 6.45) is 1.40. The van der Waals surface area contributed by atoms with Crippen LogP contribution in [-0.2, 0) is 9.47 Å². The van der Waals surface area contributed by atoms with Gasteiger partial charge in [0.2, 0.25) is 0 Å². The Morgan fingerprint density at radius 3 is 2.29 bits per heavy atom. The van der Waals surface area contributed by atoms with Crippen LogP contribution in [-0.4, -0.2) is 31.3 Å². The third-order valence-corrected chi connectivity index (χ3v) is 4.15. The van der Waals surface area contributed by atoms with Crippen molar-refractivity contribution in [1.82, 2.24) is 0 Å². The fourth-order valence-corrected chi connectivity index (χ4v) is 2.80. The predicted molar refractivity (Wildman–Crippen MR) is 112 cm³/mol. The summed E-state index contributed by atoms with van der Waals surface area (Å²) >= 11 is 0. The number of methoxy groups -OCH3 is 1. The summed E-state index contributed by atoms with van der Waals surface area (Å²) < 4.78 is 10.5. The zero-order valence-corrected chi connectivity index (χ0v) is 17.3. The average Bonchev–Trinajstić information content (AvgIpc) is 2.67. The van der Waals surface area contributed by atoms with E-state index in [1.165, 1.54) is 7.11 Å². The van der Waals surface area contributed by atoms with Crippen molar-refractivity contribution in [2.24, 2.45) is 0 Å². The van der Waals surface area contributed by atoms with Gasteiger partial charge in [-0.05, 0) is 56.5 Å². The molecule has 0 N–H and O–H groups in total. The molecule has 0 radical (unpaired) electrons. The number of hydrogen-bond donors (Lipinski definition) is 0. The molecule has 2 aromatic rings. The van der Waals surface area contributed by atoms with Gasteiger partial charge in [0, 0.05) is 12.2 Å². The third-order valence-electron chi connectivity index (χ3n) is 4.15. The monoisotopic (exact) mass is 383 g/mol. The summed E-state index contributed by atoms with van der Waals surface area (Å²) in [5.41, 5.74) is 2.15. The molecular weight excluding hydrogens is 354 g/mol. The van der Waals surface area contributed by atoms with Gasteiger partial charge in [0.1, 0.15) is 5.60 Å². The summed E-state index contributed by atoms with van der Waals surface area (Å²) in [6.45, 7) is 8.15. The molecule has 0 spiro atoms. The van der Waals surface area contributed by atoms with Crippen LogP contribution >= 0.6 is 0 Å². The molecule has 0 bridgehead atoms. The number of rotatable bonds is 6. The van der Waals surface area contributed by atoms with Gasteiger partial charge in [-0.25, -0.2) is 9.59 Å². The Balaban J connectivity index is 2.52. The largest absolute Gasteiger partial charge is 0.465 e. The Hall–Kier alpha value is -2.82. The number of carbonyl (C=O) groups excluding carboxylic acids is 2. The van der Waals surface area contributed by atoms with Gasteiger partial charge in [0.05, 0.1) is 12.7 Å². The van der Waals surface area contributed by atoms with Gasteiger partial charge in [-0.2, -0.15) is 0 Å². The minimum atomic E-state index is -0.588. The van der Waals surface area contributed by atoms with Crippen molar-refractivity contribution < 1.29 is 19.1 Å². The molecule has 150 valence electrons. The normalized spacial score (nSPS) is 11.0. The van der Waals surface area contributed by atoms with Crippen LogP contribution in [0.3, 0.4) is 0 Å². The van der Waals surface area contributed by atoms with Crippen molar-refractivity contribution in [3.63, 3.8) is 0 Å². The van der Waals surface area contributed by atoms with Crippen molar-refractivity contribution in [3.05, 3.63) is 54.1 Å². The smallest absolute Gasteiger partial charge is 0.414 e. The lowest BCUT2D eigenvalue weighted by atomic mass is 9.98. The van der Waals surface area contributed by atoms with Gasteiger partial charge in [0.25, 0.3) is 0 Å². The number of amides is 1. The number of anilines is 1. The fourth-order valence-electron chi connectivity index (χ4n) is 2.80. The van der Waals surface area contributed by atoms with E-state index in [1.807, 2.05) is 57.2 Å². The predicted octanol–water partition coefficient (Wildman–Crippen LogP) is 5.68. The minimum Gasteiger partial charge on any atom is -0.465 e. The van der Waals surface area contributed by atoms with E-state index >= 15 is 0 Å². The molecule has 1 amide bonds. The van der Waals surface area contributed by atoms with E-state index in [-0.39, 0.29) is 0 Å². The first-order valence-corrected chi connectivity index (χ1v) is 9.55. The van der Waals surface area contributed by atoms with E-state index in [0.717, 1.165) is 24.0 Å². The van der Waals surface area contributed by atoms with Crippen LogP contribution in [0.5, 0.6) is 0 Å². The summed E-state index contributed by atoms with van der Waals surface area (Å²) in [5.74, 6) is -0.414. The molecule has 28 heavy (non-hydrogen) atoms. The maximum atomic E-state index is 12.8. The number of ether oxygens (including phenoxy) is 2. The molecule has 0 aliphatic carbocycles. The van der Waals surface area contributed by atoms with E-state index < -0.39 is 17.7 Å². The minimum absolute atomic E-state index is 0.397. The van der Waals surface area contributed by atoms with Crippen LogP contribution in [0.25, 0.3) is 11.1 Å². The van der Waals surface area contributed by atoms with Crippen molar-refractivity contribution in [1.29, 1.82) is 0 Å². The molecule has 0 saturated heterocycles. The highest BCUT2D eigenvalue weighted by atomic mass is 16.6. The van der Waals surface area contributed by atoms with Crippen LogP contribution in [0.4, 0.5) is 10.5 Å². The number of carbonyl (C=O) groups is 2. The highest BCUT2D eigenvalue weighted by Gasteiger charge is 2.24. The topological polar surface area (TPSA) is 55.8 Å². The van der Waals surface area contributed by atoms with Gasteiger partial charge in [-0.15, -0.1) is 0 Å². The zero-order chi connectivity index (χ0) is 20.7. The van der Waals surface area contributed by atoms with Gasteiger partial charge in [0.15, 0.2) is 0 Å². The molecule has 0 unspecified atom stereocenters. The SMILES string of the molecule is CCCCN(C(=O)OC(C)(C)C)c1ccc(C(=O)OC)c(-c2ccccc2)c1. The number of unbranched alkanes of at least 4 members (excludes halogenated alkanes) is 1. The maximum absolute atomic E-state index is 12.8.